The molecule has 0 unspecified atom stereocenters. The molecule has 0 amide bonds. The molecule has 122 valence electrons. The minimum absolute atomic E-state index is 0.0151. The molecule has 2 nitrogen and oxygen atoms in total. The molecule has 1 heterocycles. The van der Waals surface area contributed by atoms with Crippen molar-refractivity contribution < 1.29 is 17.6 Å². The van der Waals surface area contributed by atoms with Crippen molar-refractivity contribution in [1.29, 1.82) is 0 Å². The smallest absolute Gasteiger partial charge is 0.406 e. The van der Waals surface area contributed by atoms with Crippen molar-refractivity contribution in [3.05, 3.63) is 28.5 Å². The summed E-state index contributed by atoms with van der Waals surface area (Å²) in [5.41, 5.74) is -1.06. The number of hydrogen-bond acceptors (Lipinski definition) is 2. The van der Waals surface area contributed by atoms with Crippen LogP contribution in [0.2, 0.25) is 23.2 Å². The summed E-state index contributed by atoms with van der Waals surface area (Å²) in [5, 5.41) is 0.00355. The van der Waals surface area contributed by atoms with Crippen LogP contribution in [0.4, 0.5) is 13.2 Å². The fraction of sp³-hybridized carbons (Fsp3) is 0.533. The highest BCUT2D eigenvalue weighted by atomic mass is 35.5. The van der Waals surface area contributed by atoms with Crippen molar-refractivity contribution in [2.75, 3.05) is 6.61 Å². The van der Waals surface area contributed by atoms with Crippen LogP contribution in [0, 0.1) is 11.8 Å². The Labute approximate surface area is 135 Å². The van der Waals surface area contributed by atoms with Crippen LogP contribution in [0.5, 0.6) is 0 Å². The minimum Gasteiger partial charge on any atom is -0.406 e. The first-order valence-electron chi connectivity index (χ1n) is 6.70. The Hall–Kier alpha value is -1.03. The number of aromatic nitrogens is 1. The lowest BCUT2D eigenvalue weighted by Crippen LogP contribution is -2.40. The molecule has 0 saturated carbocycles. The third-order valence-corrected chi connectivity index (χ3v) is 8.30. The Kier molecular flexibility index (Phi) is 5.71. The van der Waals surface area contributed by atoms with Crippen LogP contribution in [-0.2, 0) is 10.6 Å². The second-order valence-electron chi connectivity index (χ2n) is 6.40. The van der Waals surface area contributed by atoms with E-state index >= 15 is 0 Å². The van der Waals surface area contributed by atoms with Gasteiger partial charge in [-0.3, -0.25) is 0 Å². The van der Waals surface area contributed by atoms with Gasteiger partial charge in [-0.2, -0.15) is 13.2 Å². The maximum Gasteiger partial charge on any atom is 0.433 e. The number of hydrogen-bond donors (Lipinski definition) is 0. The molecule has 1 aromatic rings. The summed E-state index contributed by atoms with van der Waals surface area (Å²) in [6.45, 7) is 10.6. The molecule has 0 radical (unpaired) electrons. The highest BCUT2D eigenvalue weighted by Crippen LogP contribution is 2.36. The second kappa shape index (κ2) is 6.61. The van der Waals surface area contributed by atoms with Gasteiger partial charge in [0.15, 0.2) is 8.32 Å². The van der Waals surface area contributed by atoms with Crippen LogP contribution in [-0.4, -0.2) is 19.9 Å². The Morgan fingerprint density at radius 3 is 2.32 bits per heavy atom. The Bertz CT molecular complexity index is 598. The molecule has 0 saturated heterocycles. The maximum absolute atomic E-state index is 12.6. The van der Waals surface area contributed by atoms with Gasteiger partial charge >= 0.3 is 6.18 Å². The zero-order chi connectivity index (χ0) is 17.2. The van der Waals surface area contributed by atoms with Gasteiger partial charge in [-0.25, -0.2) is 4.98 Å². The van der Waals surface area contributed by atoms with E-state index in [9.17, 15) is 13.2 Å². The van der Waals surface area contributed by atoms with Crippen LogP contribution >= 0.6 is 11.6 Å². The summed E-state index contributed by atoms with van der Waals surface area (Å²) in [5.74, 6) is 5.28. The summed E-state index contributed by atoms with van der Waals surface area (Å²) >= 11 is 5.67. The van der Waals surface area contributed by atoms with E-state index in [1.165, 1.54) is 6.07 Å². The Morgan fingerprint density at radius 2 is 1.82 bits per heavy atom. The molecule has 0 aliphatic carbocycles. The summed E-state index contributed by atoms with van der Waals surface area (Å²) in [4.78, 5) is 3.46. The lowest BCUT2D eigenvalue weighted by Gasteiger charge is -2.35. The standard InChI is InChI=1S/C15H19ClF3NOSi/c1-14(2,3)22(4,5)21-8-6-7-12-9-11(16)10-13(20-12)15(17,18)19/h9-10H,8H2,1-5H3. The number of alkyl halides is 3. The maximum atomic E-state index is 12.6. The van der Waals surface area contributed by atoms with Crippen LogP contribution < -0.4 is 0 Å². The Balaban J connectivity index is 2.84. The topological polar surface area (TPSA) is 22.1 Å². The normalized spacial score (nSPS) is 12.8. The number of pyridine rings is 1. The number of halogens is 4. The van der Waals surface area contributed by atoms with E-state index in [2.05, 4.69) is 50.7 Å². The molecule has 0 spiro atoms. The molecule has 0 atom stereocenters. The van der Waals surface area contributed by atoms with Crippen molar-refractivity contribution in [1.82, 2.24) is 4.98 Å². The van der Waals surface area contributed by atoms with Crippen LogP contribution in [0.25, 0.3) is 0 Å². The number of nitrogens with zero attached hydrogens (tertiary/aromatic N) is 1. The second-order valence-corrected chi connectivity index (χ2v) is 11.7. The predicted octanol–water partition coefficient (Wildman–Crippen LogP) is 5.13. The summed E-state index contributed by atoms with van der Waals surface area (Å²) in [6, 6.07) is 2.08. The third kappa shape index (κ3) is 5.31. The molecule has 0 fully saturated rings. The molecule has 1 aromatic heterocycles. The fourth-order valence-corrected chi connectivity index (χ4v) is 2.34. The van der Waals surface area contributed by atoms with Gasteiger partial charge in [-0.1, -0.05) is 38.3 Å². The molecule has 0 bridgehead atoms. The molecular formula is C15H19ClF3NOSi. The van der Waals surface area contributed by atoms with Gasteiger partial charge in [0, 0.05) is 5.02 Å². The molecule has 0 aliphatic rings. The van der Waals surface area contributed by atoms with Gasteiger partial charge in [0.2, 0.25) is 0 Å². The van der Waals surface area contributed by atoms with Gasteiger partial charge < -0.3 is 4.43 Å². The van der Waals surface area contributed by atoms with Crippen molar-refractivity contribution in [3.63, 3.8) is 0 Å². The minimum atomic E-state index is -4.54. The van der Waals surface area contributed by atoms with E-state index < -0.39 is 20.2 Å². The fourth-order valence-electron chi connectivity index (χ4n) is 1.27. The van der Waals surface area contributed by atoms with Crippen molar-refractivity contribution in [3.8, 4) is 11.8 Å². The predicted molar refractivity (Wildman–Crippen MR) is 84.3 cm³/mol. The first-order valence-corrected chi connectivity index (χ1v) is 9.99. The van der Waals surface area contributed by atoms with E-state index in [-0.39, 0.29) is 22.4 Å². The van der Waals surface area contributed by atoms with Crippen molar-refractivity contribution >= 4 is 19.9 Å². The summed E-state index contributed by atoms with van der Waals surface area (Å²) in [7, 11) is -1.92. The average molecular weight is 350 g/mol. The van der Waals surface area contributed by atoms with Gasteiger partial charge in [0.05, 0.1) is 6.61 Å². The quantitative estimate of drug-likeness (QED) is 0.545. The zero-order valence-electron chi connectivity index (χ0n) is 13.2. The molecular weight excluding hydrogens is 331 g/mol. The summed E-state index contributed by atoms with van der Waals surface area (Å²) < 4.78 is 43.7. The zero-order valence-corrected chi connectivity index (χ0v) is 15.0. The molecule has 22 heavy (non-hydrogen) atoms. The SMILES string of the molecule is CC(C)(C)[Si](C)(C)OCC#Cc1cc(Cl)cc(C(F)(F)F)n1. The first kappa shape index (κ1) is 19.0. The first-order chi connectivity index (χ1) is 9.83. The van der Waals surface area contributed by atoms with Gasteiger partial charge in [0.1, 0.15) is 11.4 Å². The monoisotopic (exact) mass is 349 g/mol. The van der Waals surface area contributed by atoms with E-state index in [0.29, 0.717) is 0 Å². The molecule has 0 aromatic carbocycles. The van der Waals surface area contributed by atoms with Crippen molar-refractivity contribution in [2.24, 2.45) is 0 Å². The molecule has 0 N–H and O–H groups in total. The van der Waals surface area contributed by atoms with E-state index in [4.69, 9.17) is 16.0 Å². The number of rotatable bonds is 2. The molecule has 0 aliphatic heterocycles. The van der Waals surface area contributed by atoms with Gasteiger partial charge in [0.25, 0.3) is 0 Å². The average Bonchev–Trinajstić information content (AvgIpc) is 2.31. The van der Waals surface area contributed by atoms with E-state index in [1.54, 1.807) is 0 Å². The highest BCUT2D eigenvalue weighted by Gasteiger charge is 2.36. The Morgan fingerprint density at radius 1 is 1.23 bits per heavy atom. The van der Waals surface area contributed by atoms with Crippen molar-refractivity contribution in [2.45, 2.75) is 45.1 Å². The lowest BCUT2D eigenvalue weighted by atomic mass is 10.2. The van der Waals surface area contributed by atoms with E-state index in [1.807, 2.05) is 0 Å². The summed E-state index contributed by atoms with van der Waals surface area (Å²) in [6.07, 6.45) is -4.54. The third-order valence-electron chi connectivity index (χ3n) is 3.61. The molecule has 7 heteroatoms. The van der Waals surface area contributed by atoms with Gasteiger partial charge in [-0.15, -0.1) is 0 Å². The van der Waals surface area contributed by atoms with E-state index in [0.717, 1.165) is 6.07 Å². The largest absolute Gasteiger partial charge is 0.433 e. The highest BCUT2D eigenvalue weighted by molar-refractivity contribution is 6.74. The van der Waals surface area contributed by atoms with Gasteiger partial charge in [-0.05, 0) is 36.2 Å². The lowest BCUT2D eigenvalue weighted by molar-refractivity contribution is -0.141. The van der Waals surface area contributed by atoms with Crippen LogP contribution in [0.15, 0.2) is 12.1 Å². The van der Waals surface area contributed by atoms with Crippen LogP contribution in [0.3, 0.4) is 0 Å². The molecule has 1 rings (SSSR count). The van der Waals surface area contributed by atoms with Crippen LogP contribution in [0.1, 0.15) is 32.2 Å².